The van der Waals surface area contributed by atoms with Gasteiger partial charge in [0.15, 0.2) is 0 Å². The van der Waals surface area contributed by atoms with Crippen molar-refractivity contribution in [3.8, 4) is 0 Å². The van der Waals surface area contributed by atoms with Gasteiger partial charge in [0.2, 0.25) is 10.0 Å². The second-order valence-corrected chi connectivity index (χ2v) is 8.90. The first kappa shape index (κ1) is 19.8. The molecule has 0 aromatic carbocycles. The first-order valence-electron chi connectivity index (χ1n) is 8.96. The van der Waals surface area contributed by atoms with Gasteiger partial charge in [-0.15, -0.1) is 0 Å². The highest BCUT2D eigenvalue weighted by Crippen LogP contribution is 2.21. The van der Waals surface area contributed by atoms with Crippen LogP contribution in [0.3, 0.4) is 0 Å². The van der Waals surface area contributed by atoms with Crippen molar-refractivity contribution in [2.24, 2.45) is 0 Å². The summed E-state index contributed by atoms with van der Waals surface area (Å²) >= 11 is 0. The fraction of sp³-hybridized carbons (Fsp3) is 0.500. The minimum atomic E-state index is -3.49. The van der Waals surface area contributed by atoms with Crippen LogP contribution in [0.1, 0.15) is 11.8 Å². The molecule has 1 fully saturated rings. The van der Waals surface area contributed by atoms with Crippen LogP contribution in [0.5, 0.6) is 0 Å². The zero-order valence-electron chi connectivity index (χ0n) is 16.0. The number of rotatable bonds is 7. The Hall–Kier alpha value is -1.94. The zero-order chi connectivity index (χ0) is 19.4. The molecule has 1 aliphatic heterocycles. The second kappa shape index (κ2) is 8.39. The van der Waals surface area contributed by atoms with Crippen LogP contribution in [0.25, 0.3) is 0 Å². The third-order valence-electron chi connectivity index (χ3n) is 4.81. The normalized spacial score (nSPS) is 17.9. The van der Waals surface area contributed by atoms with E-state index in [9.17, 15) is 8.42 Å². The monoisotopic (exact) mass is 393 g/mol. The van der Waals surface area contributed by atoms with E-state index in [4.69, 9.17) is 4.42 Å². The molecule has 1 aliphatic rings. The van der Waals surface area contributed by atoms with E-state index in [0.717, 1.165) is 18.8 Å². The number of furan rings is 1. The summed E-state index contributed by atoms with van der Waals surface area (Å²) in [5.41, 5.74) is 0. The van der Waals surface area contributed by atoms with Crippen LogP contribution >= 0.6 is 0 Å². The fourth-order valence-corrected chi connectivity index (χ4v) is 4.40. The standard InChI is InChI=1S/C18H27N5O3S/c1-21(2)16(17-5-4-12-26-17)14-20-18-7-6-15(13-19-18)27(24,25)23-10-8-22(3)9-11-23/h4-7,12-13,16H,8-11,14H2,1-3H3,(H,19,20). The Morgan fingerprint density at radius 2 is 1.96 bits per heavy atom. The van der Waals surface area contributed by atoms with Gasteiger partial charge >= 0.3 is 0 Å². The molecule has 27 heavy (non-hydrogen) atoms. The Morgan fingerprint density at radius 1 is 1.22 bits per heavy atom. The van der Waals surface area contributed by atoms with Gasteiger partial charge in [0.25, 0.3) is 0 Å². The molecule has 0 aliphatic carbocycles. The summed E-state index contributed by atoms with van der Waals surface area (Å²) in [6, 6.07) is 7.17. The summed E-state index contributed by atoms with van der Waals surface area (Å²) in [5, 5.41) is 3.25. The van der Waals surface area contributed by atoms with Crippen molar-refractivity contribution < 1.29 is 12.8 Å². The van der Waals surface area contributed by atoms with Crippen molar-refractivity contribution in [1.29, 1.82) is 0 Å². The lowest BCUT2D eigenvalue weighted by Gasteiger charge is -2.31. The van der Waals surface area contributed by atoms with E-state index in [0.29, 0.717) is 25.5 Å². The van der Waals surface area contributed by atoms with Gasteiger partial charge in [0, 0.05) is 38.9 Å². The third-order valence-corrected chi connectivity index (χ3v) is 6.69. The topological polar surface area (TPSA) is 81.9 Å². The molecule has 8 nitrogen and oxygen atoms in total. The first-order valence-corrected chi connectivity index (χ1v) is 10.4. The summed E-state index contributed by atoms with van der Waals surface area (Å²) in [4.78, 5) is 8.70. The average Bonchev–Trinajstić information content (AvgIpc) is 3.17. The van der Waals surface area contributed by atoms with Crippen LogP contribution in [0.2, 0.25) is 0 Å². The molecular weight excluding hydrogens is 366 g/mol. The molecule has 0 spiro atoms. The van der Waals surface area contributed by atoms with Gasteiger partial charge in [-0.3, -0.25) is 4.90 Å². The molecule has 1 saturated heterocycles. The molecule has 1 atom stereocenters. The van der Waals surface area contributed by atoms with Gasteiger partial charge in [-0.05, 0) is 45.4 Å². The summed E-state index contributed by atoms with van der Waals surface area (Å²) in [6.45, 7) is 3.09. The number of hydrogen-bond acceptors (Lipinski definition) is 7. The number of hydrogen-bond donors (Lipinski definition) is 1. The number of anilines is 1. The molecule has 3 rings (SSSR count). The minimum absolute atomic E-state index is 0.0514. The lowest BCUT2D eigenvalue weighted by Crippen LogP contribution is -2.47. The largest absolute Gasteiger partial charge is 0.468 e. The van der Waals surface area contributed by atoms with Crippen molar-refractivity contribution in [1.82, 2.24) is 19.1 Å². The van der Waals surface area contributed by atoms with E-state index in [2.05, 4.69) is 20.1 Å². The highest BCUT2D eigenvalue weighted by Gasteiger charge is 2.27. The number of sulfonamides is 1. The number of pyridine rings is 1. The van der Waals surface area contributed by atoms with Gasteiger partial charge in [-0.25, -0.2) is 13.4 Å². The first-order chi connectivity index (χ1) is 12.9. The number of likely N-dealkylation sites (N-methyl/N-ethyl adjacent to an activating group) is 2. The Bertz CT molecular complexity index is 813. The van der Waals surface area contributed by atoms with Gasteiger partial charge < -0.3 is 14.6 Å². The molecule has 0 amide bonds. The number of nitrogens with zero attached hydrogens (tertiary/aromatic N) is 4. The van der Waals surface area contributed by atoms with Gasteiger partial charge in [0.05, 0.1) is 12.3 Å². The SMILES string of the molecule is CN1CCN(S(=O)(=O)c2ccc(NCC(c3ccco3)N(C)C)nc2)CC1. The maximum absolute atomic E-state index is 12.7. The second-order valence-electron chi connectivity index (χ2n) is 6.96. The van der Waals surface area contributed by atoms with Crippen LogP contribution < -0.4 is 5.32 Å². The van der Waals surface area contributed by atoms with Crippen molar-refractivity contribution >= 4 is 15.8 Å². The van der Waals surface area contributed by atoms with Crippen molar-refractivity contribution in [3.63, 3.8) is 0 Å². The predicted octanol–water partition coefficient (Wildman–Crippen LogP) is 1.33. The summed E-state index contributed by atoms with van der Waals surface area (Å²) in [7, 11) is 2.47. The van der Waals surface area contributed by atoms with Crippen LogP contribution in [-0.2, 0) is 10.0 Å². The molecule has 148 valence electrons. The van der Waals surface area contributed by atoms with E-state index in [-0.39, 0.29) is 10.9 Å². The predicted molar refractivity (Wildman–Crippen MR) is 104 cm³/mol. The molecule has 0 radical (unpaired) electrons. The molecule has 0 saturated carbocycles. The summed E-state index contributed by atoms with van der Waals surface area (Å²) in [6.07, 6.45) is 3.08. The van der Waals surface area contributed by atoms with Crippen molar-refractivity contribution in [3.05, 3.63) is 42.5 Å². The zero-order valence-corrected chi connectivity index (χ0v) is 16.8. The number of aromatic nitrogens is 1. The Kier molecular flexibility index (Phi) is 6.15. The van der Waals surface area contributed by atoms with Gasteiger partial charge in [-0.1, -0.05) is 0 Å². The smallest absolute Gasteiger partial charge is 0.244 e. The maximum atomic E-state index is 12.7. The lowest BCUT2D eigenvalue weighted by molar-refractivity contribution is 0.222. The lowest BCUT2D eigenvalue weighted by atomic mass is 10.2. The molecule has 9 heteroatoms. The molecule has 2 aromatic heterocycles. The summed E-state index contributed by atoms with van der Waals surface area (Å²) < 4.78 is 32.5. The van der Waals surface area contributed by atoms with Gasteiger partial charge in [0.1, 0.15) is 16.5 Å². The van der Waals surface area contributed by atoms with Crippen LogP contribution in [-0.4, -0.2) is 81.4 Å². The molecule has 2 aromatic rings. The Morgan fingerprint density at radius 3 is 2.52 bits per heavy atom. The Labute approximate surface area is 160 Å². The maximum Gasteiger partial charge on any atom is 0.244 e. The van der Waals surface area contributed by atoms with E-state index in [1.165, 1.54) is 10.5 Å². The summed E-state index contributed by atoms with van der Waals surface area (Å²) in [5.74, 6) is 1.49. The van der Waals surface area contributed by atoms with Crippen LogP contribution in [0, 0.1) is 0 Å². The van der Waals surface area contributed by atoms with Crippen molar-refractivity contribution in [2.45, 2.75) is 10.9 Å². The molecule has 3 heterocycles. The molecular formula is C18H27N5O3S. The van der Waals surface area contributed by atoms with E-state index < -0.39 is 10.0 Å². The number of piperazine rings is 1. The minimum Gasteiger partial charge on any atom is -0.468 e. The molecule has 1 N–H and O–H groups in total. The molecule has 1 unspecified atom stereocenters. The van der Waals surface area contributed by atoms with Crippen LogP contribution in [0.15, 0.2) is 46.0 Å². The Balaban J connectivity index is 1.64. The highest BCUT2D eigenvalue weighted by molar-refractivity contribution is 7.89. The average molecular weight is 394 g/mol. The van der Waals surface area contributed by atoms with Crippen molar-refractivity contribution in [2.75, 3.05) is 59.2 Å². The third kappa shape index (κ3) is 4.67. The quantitative estimate of drug-likeness (QED) is 0.760. The fourth-order valence-electron chi connectivity index (χ4n) is 3.03. The van der Waals surface area contributed by atoms with Crippen LogP contribution in [0.4, 0.5) is 5.82 Å². The van der Waals surface area contributed by atoms with Gasteiger partial charge in [-0.2, -0.15) is 4.31 Å². The van der Waals surface area contributed by atoms with E-state index in [1.54, 1.807) is 18.4 Å². The van der Waals surface area contributed by atoms with E-state index >= 15 is 0 Å². The molecule has 0 bridgehead atoms. The highest BCUT2D eigenvalue weighted by atomic mass is 32.2. The number of nitrogens with one attached hydrogen (secondary N) is 1. The van der Waals surface area contributed by atoms with E-state index in [1.807, 2.05) is 33.3 Å².